The molecule has 0 bridgehead atoms. The van der Waals surface area contributed by atoms with Crippen LogP contribution >= 0.6 is 0 Å². The zero-order chi connectivity index (χ0) is 11.0. The van der Waals surface area contributed by atoms with Gasteiger partial charge in [0, 0.05) is 0 Å². The molecule has 3 unspecified atom stereocenters. The van der Waals surface area contributed by atoms with E-state index in [9.17, 15) is 5.11 Å². The highest BCUT2D eigenvalue weighted by atomic mass is 16.6. The van der Waals surface area contributed by atoms with E-state index in [2.05, 4.69) is 6.92 Å². The van der Waals surface area contributed by atoms with Gasteiger partial charge in [-0.2, -0.15) is 0 Å². The first-order chi connectivity index (χ1) is 6.57. The van der Waals surface area contributed by atoms with E-state index in [0.717, 1.165) is 12.8 Å². The molecule has 0 aromatic carbocycles. The van der Waals surface area contributed by atoms with E-state index >= 15 is 0 Å². The lowest BCUT2D eigenvalue weighted by molar-refractivity contribution is -0.180. The molecule has 0 fully saturated rings. The maximum absolute atomic E-state index is 9.23. The summed E-state index contributed by atoms with van der Waals surface area (Å²) >= 11 is 0. The third-order valence-corrected chi connectivity index (χ3v) is 2.25. The molecule has 0 rings (SSSR count). The van der Waals surface area contributed by atoms with E-state index in [1.165, 1.54) is 26.2 Å². The van der Waals surface area contributed by atoms with Crippen molar-refractivity contribution < 1.29 is 14.9 Å². The van der Waals surface area contributed by atoms with Crippen LogP contribution in [0.5, 0.6) is 0 Å². The molecular weight excluding hydrogens is 180 g/mol. The van der Waals surface area contributed by atoms with Gasteiger partial charge >= 0.3 is 0 Å². The van der Waals surface area contributed by atoms with Crippen LogP contribution in [0.25, 0.3) is 0 Å². The summed E-state index contributed by atoms with van der Waals surface area (Å²) in [5.74, 6) is 0. The molecule has 0 aromatic heterocycles. The Hall–Kier alpha value is -0.120. The molecule has 3 heteroatoms. The third kappa shape index (κ3) is 7.30. The summed E-state index contributed by atoms with van der Waals surface area (Å²) in [7, 11) is 0. The van der Waals surface area contributed by atoms with Crippen molar-refractivity contribution >= 4 is 0 Å². The minimum atomic E-state index is -1.05. The summed E-state index contributed by atoms with van der Waals surface area (Å²) < 4.78 is 5.20. The van der Waals surface area contributed by atoms with Crippen LogP contribution in [0, 0.1) is 0 Å². The largest absolute Gasteiger partial charge is 0.388 e. The van der Waals surface area contributed by atoms with E-state index in [1.54, 1.807) is 0 Å². The average Bonchev–Trinajstić information content (AvgIpc) is 2.12. The van der Waals surface area contributed by atoms with Gasteiger partial charge in [-0.15, -0.1) is 0 Å². The fourth-order valence-electron chi connectivity index (χ4n) is 1.28. The van der Waals surface area contributed by atoms with E-state index in [4.69, 9.17) is 9.84 Å². The Labute approximate surface area is 87.1 Å². The zero-order valence-electron chi connectivity index (χ0n) is 9.57. The molecule has 0 saturated heterocycles. The fourth-order valence-corrected chi connectivity index (χ4v) is 1.28. The monoisotopic (exact) mass is 204 g/mol. The molecule has 14 heavy (non-hydrogen) atoms. The van der Waals surface area contributed by atoms with Crippen molar-refractivity contribution in [2.45, 2.75) is 71.4 Å². The quantitative estimate of drug-likeness (QED) is 0.470. The molecule has 3 nitrogen and oxygen atoms in total. The van der Waals surface area contributed by atoms with Gasteiger partial charge in [-0.25, -0.2) is 0 Å². The van der Waals surface area contributed by atoms with Gasteiger partial charge in [0.05, 0.1) is 6.10 Å². The second kappa shape index (κ2) is 8.21. The molecule has 0 aromatic rings. The first-order valence-corrected chi connectivity index (χ1v) is 5.59. The predicted molar refractivity (Wildman–Crippen MR) is 57.0 cm³/mol. The Bertz CT molecular complexity index is 126. The van der Waals surface area contributed by atoms with Gasteiger partial charge in [-0.05, 0) is 20.3 Å². The number of hydrogen-bond donors (Lipinski definition) is 2. The maximum atomic E-state index is 9.23. The smallest absolute Gasteiger partial charge is 0.180 e. The molecule has 2 N–H and O–H groups in total. The SMILES string of the molecule is CCCCCCC(C)OC(O)C(C)O. The molecule has 0 radical (unpaired) electrons. The van der Waals surface area contributed by atoms with Crippen LogP contribution < -0.4 is 0 Å². The Morgan fingerprint density at radius 1 is 1.07 bits per heavy atom. The second-order valence-electron chi connectivity index (χ2n) is 3.93. The Morgan fingerprint density at radius 2 is 1.71 bits per heavy atom. The van der Waals surface area contributed by atoms with Crippen LogP contribution in [-0.4, -0.2) is 28.7 Å². The number of aliphatic hydroxyl groups excluding tert-OH is 2. The molecule has 86 valence electrons. The van der Waals surface area contributed by atoms with Crippen molar-refractivity contribution in [1.82, 2.24) is 0 Å². The maximum Gasteiger partial charge on any atom is 0.180 e. The van der Waals surface area contributed by atoms with Crippen LogP contribution in [0.3, 0.4) is 0 Å². The number of ether oxygens (including phenoxy) is 1. The Balaban J connectivity index is 3.40. The summed E-state index contributed by atoms with van der Waals surface area (Å²) in [6, 6.07) is 0. The van der Waals surface area contributed by atoms with E-state index in [1.807, 2.05) is 6.92 Å². The lowest BCUT2D eigenvalue weighted by atomic mass is 10.1. The van der Waals surface area contributed by atoms with Crippen molar-refractivity contribution in [2.75, 3.05) is 0 Å². The predicted octanol–water partition coefficient (Wildman–Crippen LogP) is 2.06. The number of hydrogen-bond acceptors (Lipinski definition) is 3. The minimum Gasteiger partial charge on any atom is -0.388 e. The van der Waals surface area contributed by atoms with Crippen LogP contribution in [0.15, 0.2) is 0 Å². The van der Waals surface area contributed by atoms with Crippen LogP contribution in [0.4, 0.5) is 0 Å². The lowest BCUT2D eigenvalue weighted by Crippen LogP contribution is -2.29. The average molecular weight is 204 g/mol. The number of rotatable bonds is 8. The highest BCUT2D eigenvalue weighted by Gasteiger charge is 2.14. The van der Waals surface area contributed by atoms with Crippen molar-refractivity contribution in [3.63, 3.8) is 0 Å². The molecule has 0 amide bonds. The van der Waals surface area contributed by atoms with Crippen molar-refractivity contribution in [2.24, 2.45) is 0 Å². The fraction of sp³-hybridized carbons (Fsp3) is 1.00. The van der Waals surface area contributed by atoms with Crippen LogP contribution in [0.1, 0.15) is 52.9 Å². The standard InChI is InChI=1S/C11H24O3/c1-4-5-6-7-8-9(2)14-11(13)10(3)12/h9-13H,4-8H2,1-3H3. The molecule has 0 spiro atoms. The normalized spacial score (nSPS) is 17.8. The van der Waals surface area contributed by atoms with Crippen LogP contribution in [-0.2, 0) is 4.74 Å². The van der Waals surface area contributed by atoms with E-state index < -0.39 is 12.4 Å². The zero-order valence-corrected chi connectivity index (χ0v) is 9.57. The molecule has 0 saturated carbocycles. The molecular formula is C11H24O3. The summed E-state index contributed by atoms with van der Waals surface area (Å²) in [5.41, 5.74) is 0. The van der Waals surface area contributed by atoms with Gasteiger partial charge in [0.25, 0.3) is 0 Å². The number of aliphatic hydroxyl groups is 2. The highest BCUT2D eigenvalue weighted by molar-refractivity contribution is 4.56. The van der Waals surface area contributed by atoms with Crippen molar-refractivity contribution in [3.05, 3.63) is 0 Å². The summed E-state index contributed by atoms with van der Waals surface area (Å²) in [6.45, 7) is 5.63. The van der Waals surface area contributed by atoms with E-state index in [0.29, 0.717) is 0 Å². The minimum absolute atomic E-state index is 0.0245. The van der Waals surface area contributed by atoms with E-state index in [-0.39, 0.29) is 6.10 Å². The Morgan fingerprint density at radius 3 is 2.21 bits per heavy atom. The van der Waals surface area contributed by atoms with Gasteiger partial charge < -0.3 is 14.9 Å². The lowest BCUT2D eigenvalue weighted by Gasteiger charge is -2.19. The van der Waals surface area contributed by atoms with Crippen molar-refractivity contribution in [3.8, 4) is 0 Å². The third-order valence-electron chi connectivity index (χ3n) is 2.25. The highest BCUT2D eigenvalue weighted by Crippen LogP contribution is 2.10. The van der Waals surface area contributed by atoms with Gasteiger partial charge in [0.2, 0.25) is 0 Å². The number of unbranched alkanes of at least 4 members (excludes halogenated alkanes) is 3. The first-order valence-electron chi connectivity index (χ1n) is 5.59. The van der Waals surface area contributed by atoms with Crippen molar-refractivity contribution in [1.29, 1.82) is 0 Å². The summed E-state index contributed by atoms with van der Waals surface area (Å²) in [4.78, 5) is 0. The molecule has 3 atom stereocenters. The molecule has 0 aliphatic carbocycles. The van der Waals surface area contributed by atoms with Gasteiger partial charge in [0.1, 0.15) is 6.10 Å². The second-order valence-corrected chi connectivity index (χ2v) is 3.93. The summed E-state index contributed by atoms with van der Waals surface area (Å²) in [5, 5.41) is 18.2. The topological polar surface area (TPSA) is 49.7 Å². The molecule has 0 aliphatic rings. The van der Waals surface area contributed by atoms with Gasteiger partial charge in [-0.3, -0.25) is 0 Å². The first kappa shape index (κ1) is 13.9. The summed E-state index contributed by atoms with van der Waals surface area (Å²) in [6.07, 6.45) is 3.94. The molecule has 0 heterocycles. The Kier molecular flexibility index (Phi) is 8.14. The van der Waals surface area contributed by atoms with Gasteiger partial charge in [0.15, 0.2) is 6.29 Å². The van der Waals surface area contributed by atoms with Gasteiger partial charge in [-0.1, -0.05) is 32.6 Å². The molecule has 0 aliphatic heterocycles. The van der Waals surface area contributed by atoms with Crippen LogP contribution in [0.2, 0.25) is 0 Å².